The summed E-state index contributed by atoms with van der Waals surface area (Å²) < 4.78 is 0. The van der Waals surface area contributed by atoms with E-state index in [1.165, 1.54) is 12.8 Å². The van der Waals surface area contributed by atoms with Crippen molar-refractivity contribution in [3.05, 3.63) is 12.2 Å². The monoisotopic (exact) mass is 166 g/mol. The average molecular weight is 166 g/mol. The molecule has 0 radical (unpaired) electrons. The molecule has 1 fully saturated rings. The second kappa shape index (κ2) is 2.81. The zero-order chi connectivity index (χ0) is 8.55. The van der Waals surface area contributed by atoms with Crippen LogP contribution in [0, 0.1) is 17.8 Å². The summed E-state index contributed by atoms with van der Waals surface area (Å²) in [5.74, 6) is 2.10. The smallest absolute Gasteiger partial charge is 0.312 e. The molecule has 0 aromatic carbocycles. The molecule has 3 atom stereocenters. The molecule has 2 aliphatic rings. The molecule has 2 rings (SSSR count). The summed E-state index contributed by atoms with van der Waals surface area (Å²) in [6, 6.07) is -0.401. The van der Waals surface area contributed by atoms with Gasteiger partial charge < -0.3 is 11.1 Å². The minimum atomic E-state index is -0.401. The number of carbonyl (C=O) groups is 1. The van der Waals surface area contributed by atoms with Gasteiger partial charge in [0.2, 0.25) is 0 Å². The van der Waals surface area contributed by atoms with Crippen LogP contribution in [0.4, 0.5) is 4.79 Å². The van der Waals surface area contributed by atoms with Crippen LogP contribution < -0.4 is 11.1 Å². The highest BCUT2D eigenvalue weighted by atomic mass is 16.2. The Morgan fingerprint density at radius 1 is 1.50 bits per heavy atom. The van der Waals surface area contributed by atoms with Gasteiger partial charge in [-0.15, -0.1) is 0 Å². The highest BCUT2D eigenvalue weighted by Gasteiger charge is 2.35. The Morgan fingerprint density at radius 3 is 2.83 bits per heavy atom. The van der Waals surface area contributed by atoms with Gasteiger partial charge in [-0.3, -0.25) is 0 Å². The van der Waals surface area contributed by atoms with E-state index in [2.05, 4.69) is 17.5 Å². The van der Waals surface area contributed by atoms with E-state index in [-0.39, 0.29) is 0 Å². The van der Waals surface area contributed by atoms with Gasteiger partial charge >= 0.3 is 6.03 Å². The van der Waals surface area contributed by atoms with E-state index in [1.807, 2.05) is 0 Å². The molecule has 3 N–H and O–H groups in total. The number of urea groups is 1. The van der Waals surface area contributed by atoms with E-state index >= 15 is 0 Å². The second-order valence-electron chi connectivity index (χ2n) is 3.79. The lowest BCUT2D eigenvalue weighted by Gasteiger charge is -2.17. The number of amides is 2. The Bertz CT molecular complexity index is 225. The number of rotatable bonds is 2. The summed E-state index contributed by atoms with van der Waals surface area (Å²) in [6.07, 6.45) is 7.08. The fourth-order valence-electron chi connectivity index (χ4n) is 2.36. The zero-order valence-electron chi connectivity index (χ0n) is 6.99. The van der Waals surface area contributed by atoms with Crippen molar-refractivity contribution in [2.24, 2.45) is 23.5 Å². The lowest BCUT2D eigenvalue weighted by molar-refractivity contribution is 0.246. The quantitative estimate of drug-likeness (QED) is 0.587. The van der Waals surface area contributed by atoms with Crippen LogP contribution in [0.3, 0.4) is 0 Å². The Balaban J connectivity index is 1.83. The Kier molecular flexibility index (Phi) is 1.79. The predicted molar refractivity (Wildman–Crippen MR) is 46.4 cm³/mol. The van der Waals surface area contributed by atoms with Crippen molar-refractivity contribution in [2.75, 3.05) is 6.54 Å². The Morgan fingerprint density at radius 2 is 2.33 bits per heavy atom. The fourth-order valence-corrected chi connectivity index (χ4v) is 2.36. The van der Waals surface area contributed by atoms with Gasteiger partial charge in [0.15, 0.2) is 0 Å². The van der Waals surface area contributed by atoms with E-state index in [0.29, 0.717) is 11.8 Å². The maximum atomic E-state index is 10.5. The maximum Gasteiger partial charge on any atom is 0.312 e. The highest BCUT2D eigenvalue weighted by Crippen LogP contribution is 2.42. The molecule has 2 unspecified atom stereocenters. The molecule has 3 heteroatoms. The van der Waals surface area contributed by atoms with Crippen LogP contribution >= 0.6 is 0 Å². The predicted octanol–water partition coefficient (Wildman–Crippen LogP) is 0.867. The number of carbonyl (C=O) groups excluding carboxylic acids is 1. The van der Waals surface area contributed by atoms with E-state index in [1.54, 1.807) is 0 Å². The lowest BCUT2D eigenvalue weighted by Crippen LogP contribution is -2.34. The van der Waals surface area contributed by atoms with E-state index in [4.69, 9.17) is 5.73 Å². The van der Waals surface area contributed by atoms with E-state index in [9.17, 15) is 4.79 Å². The molecule has 0 aromatic heterocycles. The molecule has 1 saturated carbocycles. The molecule has 2 bridgehead atoms. The molecular weight excluding hydrogens is 152 g/mol. The van der Waals surface area contributed by atoms with Crippen LogP contribution in [-0.2, 0) is 0 Å². The van der Waals surface area contributed by atoms with Gasteiger partial charge in [-0.05, 0) is 30.6 Å². The molecule has 12 heavy (non-hydrogen) atoms. The van der Waals surface area contributed by atoms with Crippen molar-refractivity contribution in [2.45, 2.75) is 12.8 Å². The maximum absolute atomic E-state index is 10.5. The summed E-state index contributed by atoms with van der Waals surface area (Å²) in [6.45, 7) is 0.751. The third-order valence-corrected chi connectivity index (χ3v) is 2.95. The summed E-state index contributed by atoms with van der Waals surface area (Å²) in [5.41, 5.74) is 5.00. The van der Waals surface area contributed by atoms with Gasteiger partial charge in [0.05, 0.1) is 0 Å². The molecule has 0 aliphatic heterocycles. The Labute approximate surface area is 72.0 Å². The molecule has 0 aromatic rings. The number of nitrogens with one attached hydrogen (secondary N) is 1. The van der Waals surface area contributed by atoms with Crippen LogP contribution in [0.1, 0.15) is 12.8 Å². The average Bonchev–Trinajstić information content (AvgIpc) is 2.60. The largest absolute Gasteiger partial charge is 0.352 e. The first kappa shape index (κ1) is 7.65. The number of nitrogens with two attached hydrogens (primary N) is 1. The van der Waals surface area contributed by atoms with Crippen molar-refractivity contribution in [3.63, 3.8) is 0 Å². The van der Waals surface area contributed by atoms with E-state index in [0.717, 1.165) is 12.5 Å². The number of fused-ring (bicyclic) bond motifs is 2. The molecule has 0 heterocycles. The third kappa shape index (κ3) is 1.31. The van der Waals surface area contributed by atoms with Crippen molar-refractivity contribution in [1.82, 2.24) is 5.32 Å². The first-order chi connectivity index (χ1) is 5.75. The van der Waals surface area contributed by atoms with Gasteiger partial charge in [0.25, 0.3) is 0 Å². The highest BCUT2D eigenvalue weighted by molar-refractivity contribution is 5.71. The molecule has 66 valence electrons. The van der Waals surface area contributed by atoms with Gasteiger partial charge in [-0.25, -0.2) is 4.79 Å². The summed E-state index contributed by atoms with van der Waals surface area (Å²) in [5, 5.41) is 2.68. The topological polar surface area (TPSA) is 55.1 Å². The molecule has 0 spiro atoms. The third-order valence-electron chi connectivity index (χ3n) is 2.95. The molecule has 2 amide bonds. The lowest BCUT2D eigenvalue weighted by atomic mass is 9.94. The molecule has 0 saturated heterocycles. The first-order valence-electron chi connectivity index (χ1n) is 4.47. The molecular formula is C9H14N2O. The van der Waals surface area contributed by atoms with Crippen LogP contribution in [0.15, 0.2) is 12.2 Å². The van der Waals surface area contributed by atoms with Crippen LogP contribution in [0.2, 0.25) is 0 Å². The van der Waals surface area contributed by atoms with Crippen molar-refractivity contribution in [1.29, 1.82) is 0 Å². The van der Waals surface area contributed by atoms with Crippen molar-refractivity contribution >= 4 is 6.03 Å². The molecule has 3 nitrogen and oxygen atoms in total. The number of allylic oxidation sites excluding steroid dienone is 2. The van der Waals surface area contributed by atoms with Crippen LogP contribution in [0.5, 0.6) is 0 Å². The Hall–Kier alpha value is -0.990. The second-order valence-corrected chi connectivity index (χ2v) is 3.79. The normalized spacial score (nSPS) is 37.2. The summed E-state index contributed by atoms with van der Waals surface area (Å²) in [7, 11) is 0. The van der Waals surface area contributed by atoms with Gasteiger partial charge in [0, 0.05) is 6.54 Å². The van der Waals surface area contributed by atoms with Crippen molar-refractivity contribution in [3.8, 4) is 0 Å². The number of hydrogen-bond acceptors (Lipinski definition) is 1. The van der Waals surface area contributed by atoms with Gasteiger partial charge in [-0.2, -0.15) is 0 Å². The van der Waals surface area contributed by atoms with Crippen LogP contribution in [0.25, 0.3) is 0 Å². The standard InChI is InChI=1S/C9H14N2O/c10-9(12)11-5-8-4-6-1-2-7(8)3-6/h1-2,6-8H,3-5H2,(H3,10,11,12)/t6?,7?,8-/m0/s1. The zero-order valence-corrected chi connectivity index (χ0v) is 6.99. The SMILES string of the molecule is NC(=O)NC[C@@H]1CC2C=CC1C2. The number of primary amides is 1. The van der Waals surface area contributed by atoms with Crippen molar-refractivity contribution < 1.29 is 4.79 Å². The van der Waals surface area contributed by atoms with E-state index < -0.39 is 6.03 Å². The van der Waals surface area contributed by atoms with Crippen LogP contribution in [-0.4, -0.2) is 12.6 Å². The number of hydrogen-bond donors (Lipinski definition) is 2. The van der Waals surface area contributed by atoms with Gasteiger partial charge in [-0.1, -0.05) is 12.2 Å². The molecule has 2 aliphatic carbocycles. The van der Waals surface area contributed by atoms with Gasteiger partial charge in [0.1, 0.15) is 0 Å². The minimum absolute atomic E-state index is 0.401. The fraction of sp³-hybridized carbons (Fsp3) is 0.667. The summed E-state index contributed by atoms with van der Waals surface area (Å²) in [4.78, 5) is 10.5. The minimum Gasteiger partial charge on any atom is -0.352 e. The summed E-state index contributed by atoms with van der Waals surface area (Å²) >= 11 is 0. The first-order valence-corrected chi connectivity index (χ1v) is 4.47.